The van der Waals surface area contributed by atoms with E-state index in [1.54, 1.807) is 25.1 Å². The van der Waals surface area contributed by atoms with Crippen LogP contribution in [0.4, 0.5) is 5.69 Å². The number of nitrogens with one attached hydrogen (secondary N) is 2. The van der Waals surface area contributed by atoms with Gasteiger partial charge in [0, 0.05) is 34.8 Å². The molecule has 0 unspecified atom stereocenters. The van der Waals surface area contributed by atoms with Crippen molar-refractivity contribution < 1.29 is 32.4 Å². The van der Waals surface area contributed by atoms with Gasteiger partial charge in [-0.1, -0.05) is 37.1 Å². The van der Waals surface area contributed by atoms with Crippen LogP contribution in [0.3, 0.4) is 0 Å². The average molecular weight is 566 g/mol. The molecule has 4 N–H and O–H groups in total. The molecule has 1 aliphatic carbocycles. The Morgan fingerprint density at radius 3 is 2.38 bits per heavy atom. The monoisotopic (exact) mass is 565 g/mol. The Morgan fingerprint density at radius 1 is 0.975 bits per heavy atom. The van der Waals surface area contributed by atoms with Crippen molar-refractivity contribution in [2.75, 3.05) is 12.8 Å². The van der Waals surface area contributed by atoms with Gasteiger partial charge in [0.2, 0.25) is 0 Å². The maximum atomic E-state index is 13.2. The molecular formula is C29H31N3O7S. The van der Waals surface area contributed by atoms with E-state index in [2.05, 4.69) is 10.2 Å². The Kier molecular flexibility index (Phi) is 8.86. The number of aryl methyl sites for hydroxylation is 1. The molecule has 1 aliphatic rings. The zero-order valence-electron chi connectivity index (χ0n) is 22.2. The quantitative estimate of drug-likeness (QED) is 0.189. The maximum absolute atomic E-state index is 13.2. The molecule has 1 amide bonds. The summed E-state index contributed by atoms with van der Waals surface area (Å²) >= 11 is 0. The fourth-order valence-corrected chi connectivity index (χ4v) is 5.78. The minimum atomic E-state index is -4.10. The Bertz CT molecular complexity index is 1550. The zero-order valence-corrected chi connectivity index (χ0v) is 23.0. The second kappa shape index (κ2) is 12.3. The summed E-state index contributed by atoms with van der Waals surface area (Å²) < 4.78 is 32.9. The third kappa shape index (κ3) is 6.67. The van der Waals surface area contributed by atoms with Gasteiger partial charge in [0.1, 0.15) is 5.75 Å². The largest absolute Gasteiger partial charge is 0.496 e. The van der Waals surface area contributed by atoms with Gasteiger partial charge in [0.15, 0.2) is 5.78 Å². The number of benzene rings is 3. The number of carbonyl (C=O) groups is 3. The first-order chi connectivity index (χ1) is 19.1. The van der Waals surface area contributed by atoms with Crippen molar-refractivity contribution in [2.45, 2.75) is 50.0 Å². The normalized spacial score (nSPS) is 13.6. The van der Waals surface area contributed by atoms with Gasteiger partial charge < -0.3 is 15.3 Å². The zero-order chi connectivity index (χ0) is 28.9. The van der Waals surface area contributed by atoms with Gasteiger partial charge in [-0.2, -0.15) is 0 Å². The lowest BCUT2D eigenvalue weighted by molar-refractivity contribution is 0.0160. The molecule has 0 aromatic heterocycles. The van der Waals surface area contributed by atoms with E-state index in [-0.39, 0.29) is 51.3 Å². The Balaban J connectivity index is 1.47. The number of ketones is 1. The first-order valence-electron chi connectivity index (χ1n) is 12.8. The number of nitrogens with two attached hydrogens (primary N) is 1. The van der Waals surface area contributed by atoms with Crippen LogP contribution in [0.5, 0.6) is 5.75 Å². The number of carbonyl (C=O) groups excluding carboxylic acids is 3. The minimum Gasteiger partial charge on any atom is -0.496 e. The van der Waals surface area contributed by atoms with E-state index in [9.17, 15) is 22.8 Å². The molecule has 0 atom stereocenters. The van der Waals surface area contributed by atoms with Crippen molar-refractivity contribution >= 4 is 33.4 Å². The molecule has 0 radical (unpaired) electrons. The van der Waals surface area contributed by atoms with E-state index in [0.29, 0.717) is 11.1 Å². The molecule has 0 bridgehead atoms. The molecule has 3 aromatic rings. The van der Waals surface area contributed by atoms with Crippen LogP contribution >= 0.6 is 0 Å². The van der Waals surface area contributed by atoms with Gasteiger partial charge in [0.25, 0.3) is 15.9 Å². The Morgan fingerprint density at radius 2 is 1.68 bits per heavy atom. The SMILES string of the molecule is COc1cc(C(=O)NS(=O)(=O)c2ccccc2C)ccc1CC(=O)c1cc(C(=O)ONC2CCCC2)ccc1N. The smallest absolute Gasteiger partial charge is 0.356 e. The number of Topliss-reactive ketones (excluding diaryl/α,β-unsaturated/α-hetero) is 1. The lowest BCUT2D eigenvalue weighted by Gasteiger charge is -2.13. The number of hydrogen-bond donors (Lipinski definition) is 3. The number of anilines is 1. The van der Waals surface area contributed by atoms with Crippen molar-refractivity contribution in [2.24, 2.45) is 0 Å². The van der Waals surface area contributed by atoms with Gasteiger partial charge in [0.05, 0.1) is 17.6 Å². The summed E-state index contributed by atoms with van der Waals surface area (Å²) in [5.41, 5.74) is 10.3. The second-order valence-corrected chi connectivity index (χ2v) is 11.3. The van der Waals surface area contributed by atoms with Crippen LogP contribution < -0.4 is 20.7 Å². The highest BCUT2D eigenvalue weighted by atomic mass is 32.2. The molecular weight excluding hydrogens is 534 g/mol. The number of amides is 1. The molecule has 0 heterocycles. The number of nitrogen functional groups attached to an aromatic ring is 1. The Labute approximate surface area is 232 Å². The van der Waals surface area contributed by atoms with Crippen molar-refractivity contribution in [3.8, 4) is 5.75 Å². The van der Waals surface area contributed by atoms with Crippen molar-refractivity contribution in [1.29, 1.82) is 0 Å². The molecule has 4 rings (SSSR count). The highest BCUT2D eigenvalue weighted by Crippen LogP contribution is 2.25. The van der Waals surface area contributed by atoms with Gasteiger partial charge >= 0.3 is 5.97 Å². The van der Waals surface area contributed by atoms with Crippen LogP contribution in [0.2, 0.25) is 0 Å². The van der Waals surface area contributed by atoms with Crippen molar-refractivity contribution in [1.82, 2.24) is 10.2 Å². The number of rotatable bonds is 10. The predicted octanol–water partition coefficient (Wildman–Crippen LogP) is 3.73. The van der Waals surface area contributed by atoms with Crippen LogP contribution in [-0.4, -0.2) is 39.2 Å². The van der Waals surface area contributed by atoms with E-state index in [4.69, 9.17) is 15.3 Å². The first-order valence-corrected chi connectivity index (χ1v) is 14.3. The van der Waals surface area contributed by atoms with Gasteiger partial charge in [-0.15, -0.1) is 5.48 Å². The van der Waals surface area contributed by atoms with Gasteiger partial charge in [-0.3, -0.25) is 9.59 Å². The van der Waals surface area contributed by atoms with Gasteiger partial charge in [-0.05, 0) is 61.7 Å². The molecule has 40 heavy (non-hydrogen) atoms. The summed E-state index contributed by atoms with van der Waals surface area (Å²) in [4.78, 5) is 43.7. The van der Waals surface area contributed by atoms with E-state index < -0.39 is 21.9 Å². The molecule has 10 nitrogen and oxygen atoms in total. The topological polar surface area (TPSA) is 154 Å². The van der Waals surface area contributed by atoms with Crippen LogP contribution in [0.15, 0.2) is 65.6 Å². The molecule has 0 saturated heterocycles. The highest BCUT2D eigenvalue weighted by Gasteiger charge is 2.23. The first kappa shape index (κ1) is 28.8. The molecule has 0 spiro atoms. The maximum Gasteiger partial charge on any atom is 0.356 e. The van der Waals surface area contributed by atoms with E-state index in [1.165, 1.54) is 49.6 Å². The number of ether oxygens (including phenoxy) is 1. The Hall–Kier alpha value is -4.22. The van der Waals surface area contributed by atoms with E-state index >= 15 is 0 Å². The summed E-state index contributed by atoms with van der Waals surface area (Å²) in [6.07, 6.45) is 3.89. The molecule has 3 aromatic carbocycles. The van der Waals surface area contributed by atoms with Crippen molar-refractivity contribution in [3.63, 3.8) is 0 Å². The lowest BCUT2D eigenvalue weighted by atomic mass is 9.98. The fraction of sp³-hybridized carbons (Fsp3) is 0.276. The lowest BCUT2D eigenvalue weighted by Crippen LogP contribution is -2.31. The summed E-state index contributed by atoms with van der Waals surface area (Å²) in [5.74, 6) is -1.63. The standard InChI is InChI=1S/C29H31N3O7S/c1-18-7-3-6-10-27(18)40(36,37)32-28(34)20-12-11-19(26(17-20)38-2)16-25(33)23-15-21(13-14-24(23)30)29(35)39-31-22-8-4-5-9-22/h3,6-7,10-15,17,22,31H,4-5,8-9,16,30H2,1-2H3,(H,32,34). The number of hydrogen-bond acceptors (Lipinski definition) is 9. The number of methoxy groups -OCH3 is 1. The van der Waals surface area contributed by atoms with Gasteiger partial charge in [-0.25, -0.2) is 17.9 Å². The average Bonchev–Trinajstić information content (AvgIpc) is 3.45. The third-order valence-electron chi connectivity index (χ3n) is 6.77. The second-order valence-electron chi connectivity index (χ2n) is 9.62. The summed E-state index contributed by atoms with van der Waals surface area (Å²) in [7, 11) is -2.73. The predicted molar refractivity (Wildman–Crippen MR) is 149 cm³/mol. The van der Waals surface area contributed by atoms with Crippen LogP contribution in [-0.2, 0) is 21.3 Å². The number of sulfonamides is 1. The fourth-order valence-electron chi connectivity index (χ4n) is 4.56. The summed E-state index contributed by atoms with van der Waals surface area (Å²) in [6.45, 7) is 1.63. The van der Waals surface area contributed by atoms with Crippen LogP contribution in [0.25, 0.3) is 0 Å². The number of hydroxylamine groups is 1. The van der Waals surface area contributed by atoms with Crippen LogP contribution in [0.1, 0.15) is 67.9 Å². The molecule has 11 heteroatoms. The molecule has 1 saturated carbocycles. The summed E-state index contributed by atoms with van der Waals surface area (Å²) in [5, 5.41) is 0. The minimum absolute atomic E-state index is 0.00412. The van der Waals surface area contributed by atoms with E-state index in [1.807, 2.05) is 0 Å². The highest BCUT2D eigenvalue weighted by molar-refractivity contribution is 7.90. The molecule has 1 fully saturated rings. The van der Waals surface area contributed by atoms with Crippen molar-refractivity contribution in [3.05, 3.63) is 88.5 Å². The summed E-state index contributed by atoms with van der Waals surface area (Å²) in [6, 6.07) is 15.1. The van der Waals surface area contributed by atoms with E-state index in [0.717, 1.165) is 25.7 Å². The molecule has 0 aliphatic heterocycles. The third-order valence-corrected chi connectivity index (χ3v) is 8.26. The molecule has 210 valence electrons. The van der Waals surface area contributed by atoms with Crippen LogP contribution in [0, 0.1) is 6.92 Å².